The Hall–Kier alpha value is -0.720. The summed E-state index contributed by atoms with van der Waals surface area (Å²) in [7, 11) is 1.67. The summed E-state index contributed by atoms with van der Waals surface area (Å²) in [5, 5.41) is 4.30. The van der Waals surface area contributed by atoms with E-state index in [4.69, 9.17) is 10.5 Å². The number of nitrogens with two attached hydrogens (primary N) is 1. The quantitative estimate of drug-likeness (QED) is 0.596. The van der Waals surface area contributed by atoms with Crippen molar-refractivity contribution in [2.75, 3.05) is 31.0 Å². The van der Waals surface area contributed by atoms with E-state index in [1.807, 2.05) is 20.1 Å². The minimum atomic E-state index is 0.0974. The van der Waals surface area contributed by atoms with Crippen LogP contribution in [0.3, 0.4) is 0 Å². The van der Waals surface area contributed by atoms with Crippen LogP contribution in [0.1, 0.15) is 29.9 Å². The van der Waals surface area contributed by atoms with Crippen molar-refractivity contribution >= 4 is 39.6 Å². The van der Waals surface area contributed by atoms with Gasteiger partial charge in [0.1, 0.15) is 5.00 Å². The van der Waals surface area contributed by atoms with E-state index in [2.05, 4.69) is 5.32 Å². The van der Waals surface area contributed by atoms with Crippen LogP contribution in [-0.2, 0) is 4.74 Å². The smallest absolute Gasteiger partial charge is 0.174 e. The van der Waals surface area contributed by atoms with Crippen molar-refractivity contribution in [3.8, 4) is 0 Å². The predicted molar refractivity (Wildman–Crippen MR) is 80.1 cm³/mol. The lowest BCUT2D eigenvalue weighted by atomic mass is 10.2. The van der Waals surface area contributed by atoms with E-state index in [-0.39, 0.29) is 11.8 Å². The van der Waals surface area contributed by atoms with Crippen LogP contribution in [0.15, 0.2) is 4.90 Å². The Balaban J connectivity index is 3.00. The van der Waals surface area contributed by atoms with Crippen molar-refractivity contribution in [3.05, 3.63) is 4.88 Å². The molecule has 6 heteroatoms. The first-order chi connectivity index (χ1) is 8.54. The number of ketones is 1. The average Bonchev–Trinajstić information content (AvgIpc) is 2.65. The summed E-state index contributed by atoms with van der Waals surface area (Å²) < 4.78 is 5.09. The molecular formula is C12H20N2O2S2. The lowest BCUT2D eigenvalue weighted by Crippen LogP contribution is -2.20. The van der Waals surface area contributed by atoms with Gasteiger partial charge in [0.15, 0.2) is 5.78 Å². The molecule has 3 N–H and O–H groups in total. The third-order valence-corrected chi connectivity index (χ3v) is 4.61. The zero-order valence-corrected chi connectivity index (χ0v) is 12.8. The van der Waals surface area contributed by atoms with Gasteiger partial charge in [-0.3, -0.25) is 4.79 Å². The van der Waals surface area contributed by atoms with E-state index in [0.29, 0.717) is 23.6 Å². The highest BCUT2D eigenvalue weighted by atomic mass is 32.2. The second-order valence-electron chi connectivity index (χ2n) is 3.98. The van der Waals surface area contributed by atoms with Crippen LogP contribution in [0.2, 0.25) is 0 Å². The SMILES string of the molecule is CCC(=O)c1sc(NC(C)COC)c(SC)c1N. The summed E-state index contributed by atoms with van der Waals surface area (Å²) in [5.74, 6) is 0.0974. The summed E-state index contributed by atoms with van der Waals surface area (Å²) in [6.07, 6.45) is 2.44. The minimum absolute atomic E-state index is 0.0974. The monoisotopic (exact) mass is 288 g/mol. The molecule has 1 aromatic rings. The fourth-order valence-electron chi connectivity index (χ4n) is 1.61. The topological polar surface area (TPSA) is 64.3 Å². The summed E-state index contributed by atoms with van der Waals surface area (Å²) in [5.41, 5.74) is 6.64. The van der Waals surface area contributed by atoms with Crippen LogP contribution in [-0.4, -0.2) is 31.8 Å². The van der Waals surface area contributed by atoms with E-state index >= 15 is 0 Å². The van der Waals surface area contributed by atoms with Crippen LogP contribution in [0.5, 0.6) is 0 Å². The number of carbonyl (C=O) groups excluding carboxylic acids is 1. The molecule has 0 aliphatic carbocycles. The number of anilines is 2. The van der Waals surface area contributed by atoms with E-state index < -0.39 is 0 Å². The maximum Gasteiger partial charge on any atom is 0.174 e. The second-order valence-corrected chi connectivity index (χ2v) is 5.82. The molecule has 0 fully saturated rings. The number of thioether (sulfide) groups is 1. The fourth-order valence-corrected chi connectivity index (χ4v) is 3.75. The molecule has 0 spiro atoms. The lowest BCUT2D eigenvalue weighted by Gasteiger charge is -2.13. The van der Waals surface area contributed by atoms with Gasteiger partial charge in [-0.1, -0.05) is 6.92 Å². The predicted octanol–water partition coefficient (Wildman–Crippen LogP) is 3.09. The van der Waals surface area contributed by atoms with Crippen molar-refractivity contribution in [2.45, 2.75) is 31.2 Å². The minimum Gasteiger partial charge on any atom is -0.396 e. The van der Waals surface area contributed by atoms with Crippen LogP contribution in [0, 0.1) is 0 Å². The molecule has 1 heterocycles. The number of Topliss-reactive ketones (excluding diaryl/α,β-unsaturated/α-hetero) is 1. The Morgan fingerprint density at radius 2 is 2.28 bits per heavy atom. The molecule has 0 amide bonds. The third-order valence-electron chi connectivity index (χ3n) is 2.47. The molecule has 0 aliphatic heterocycles. The van der Waals surface area contributed by atoms with Crippen molar-refractivity contribution in [1.29, 1.82) is 0 Å². The number of nitrogen functional groups attached to an aromatic ring is 1. The molecule has 0 saturated carbocycles. The Labute approximate surface area is 116 Å². The number of rotatable bonds is 7. The van der Waals surface area contributed by atoms with Crippen LogP contribution in [0.4, 0.5) is 10.7 Å². The molecule has 0 aromatic carbocycles. The second kappa shape index (κ2) is 7.01. The number of hydrogen-bond acceptors (Lipinski definition) is 6. The van der Waals surface area contributed by atoms with E-state index in [9.17, 15) is 4.79 Å². The van der Waals surface area contributed by atoms with Gasteiger partial charge in [-0.15, -0.1) is 23.1 Å². The molecule has 1 unspecified atom stereocenters. The summed E-state index contributed by atoms with van der Waals surface area (Å²) in [4.78, 5) is 13.4. The Morgan fingerprint density at radius 1 is 1.61 bits per heavy atom. The average molecular weight is 288 g/mol. The van der Waals surface area contributed by atoms with Gasteiger partial charge in [0, 0.05) is 19.6 Å². The van der Waals surface area contributed by atoms with Crippen molar-refractivity contribution in [1.82, 2.24) is 0 Å². The van der Waals surface area contributed by atoms with E-state index in [1.54, 1.807) is 18.9 Å². The largest absolute Gasteiger partial charge is 0.396 e. The number of nitrogens with one attached hydrogen (secondary N) is 1. The molecule has 0 aliphatic rings. The molecule has 1 aromatic heterocycles. The third kappa shape index (κ3) is 3.40. The van der Waals surface area contributed by atoms with Gasteiger partial charge in [-0.25, -0.2) is 0 Å². The first-order valence-electron chi connectivity index (χ1n) is 5.80. The summed E-state index contributed by atoms with van der Waals surface area (Å²) >= 11 is 3.00. The molecule has 4 nitrogen and oxygen atoms in total. The van der Waals surface area contributed by atoms with E-state index in [1.165, 1.54) is 11.3 Å². The Bertz CT molecular complexity index is 418. The molecule has 1 atom stereocenters. The van der Waals surface area contributed by atoms with Gasteiger partial charge in [0.2, 0.25) is 0 Å². The Morgan fingerprint density at radius 3 is 2.78 bits per heavy atom. The van der Waals surface area contributed by atoms with Crippen LogP contribution < -0.4 is 11.1 Å². The number of methoxy groups -OCH3 is 1. The van der Waals surface area contributed by atoms with Gasteiger partial charge in [-0.2, -0.15) is 0 Å². The van der Waals surface area contributed by atoms with Gasteiger partial charge >= 0.3 is 0 Å². The van der Waals surface area contributed by atoms with Crippen molar-refractivity contribution in [3.63, 3.8) is 0 Å². The first kappa shape index (κ1) is 15.3. The molecular weight excluding hydrogens is 268 g/mol. The van der Waals surface area contributed by atoms with Crippen molar-refractivity contribution < 1.29 is 9.53 Å². The molecule has 0 radical (unpaired) electrons. The summed E-state index contributed by atoms with van der Waals surface area (Å²) in [6, 6.07) is 0.184. The fraction of sp³-hybridized carbons (Fsp3) is 0.583. The first-order valence-corrected chi connectivity index (χ1v) is 7.84. The zero-order chi connectivity index (χ0) is 13.7. The molecule has 1 rings (SSSR count). The van der Waals surface area contributed by atoms with Gasteiger partial charge in [-0.05, 0) is 13.2 Å². The highest BCUT2D eigenvalue weighted by molar-refractivity contribution is 7.99. The highest BCUT2D eigenvalue weighted by Crippen LogP contribution is 2.42. The molecule has 102 valence electrons. The number of thiophene rings is 1. The van der Waals surface area contributed by atoms with Gasteiger partial charge in [0.25, 0.3) is 0 Å². The zero-order valence-electron chi connectivity index (χ0n) is 11.2. The molecule has 0 saturated heterocycles. The van der Waals surface area contributed by atoms with Crippen LogP contribution in [0.25, 0.3) is 0 Å². The lowest BCUT2D eigenvalue weighted by molar-refractivity contribution is 0.0992. The van der Waals surface area contributed by atoms with Crippen LogP contribution >= 0.6 is 23.1 Å². The maximum atomic E-state index is 11.8. The maximum absolute atomic E-state index is 11.8. The number of hydrogen-bond donors (Lipinski definition) is 2. The molecule has 18 heavy (non-hydrogen) atoms. The highest BCUT2D eigenvalue weighted by Gasteiger charge is 2.20. The number of ether oxygens (including phenoxy) is 1. The van der Waals surface area contributed by atoms with Gasteiger partial charge < -0.3 is 15.8 Å². The number of carbonyl (C=O) groups is 1. The van der Waals surface area contributed by atoms with Gasteiger partial charge in [0.05, 0.1) is 22.1 Å². The Kier molecular flexibility index (Phi) is 5.98. The van der Waals surface area contributed by atoms with E-state index in [0.717, 1.165) is 9.90 Å². The summed E-state index contributed by atoms with van der Waals surface area (Å²) in [6.45, 7) is 4.49. The van der Waals surface area contributed by atoms with Crippen molar-refractivity contribution in [2.24, 2.45) is 0 Å². The molecule has 0 bridgehead atoms. The standard InChI is InChI=1S/C12H20N2O2S2/c1-5-8(15)10-9(13)11(17-4)12(18-10)14-7(2)6-16-3/h7,14H,5-6,13H2,1-4H3. The normalized spacial score (nSPS) is 12.4.